The summed E-state index contributed by atoms with van der Waals surface area (Å²) in [6.45, 7) is 7.81. The van der Waals surface area contributed by atoms with E-state index in [-0.39, 0.29) is 30.5 Å². The average Bonchev–Trinajstić information content (AvgIpc) is 2.98. The lowest BCUT2D eigenvalue weighted by Crippen LogP contribution is -2.51. The molecule has 0 aromatic carbocycles. The second kappa shape index (κ2) is 11.8. The molecule has 2 rings (SSSR count). The quantitative estimate of drug-likeness (QED) is 0.391. The zero-order valence-electron chi connectivity index (χ0n) is 18.0. The molecule has 8 nitrogen and oxygen atoms in total. The fourth-order valence-electron chi connectivity index (χ4n) is 3.03. The van der Waals surface area contributed by atoms with Crippen LogP contribution in [0.2, 0.25) is 0 Å². The molecule has 0 bridgehead atoms. The molecule has 0 spiro atoms. The number of nitrogens with one attached hydrogen (secondary N) is 1. The van der Waals surface area contributed by atoms with Crippen LogP contribution in [0.1, 0.15) is 33.6 Å². The number of terminal acetylenes is 1. The zero-order valence-corrected chi connectivity index (χ0v) is 18.0. The van der Waals surface area contributed by atoms with Crippen LogP contribution in [0.5, 0.6) is 0 Å². The van der Waals surface area contributed by atoms with Crippen LogP contribution in [-0.2, 0) is 19.1 Å². The first-order valence-corrected chi connectivity index (χ1v) is 9.92. The minimum absolute atomic E-state index is 0.00743. The molecular weight excluding hydrogens is 419 g/mol. The van der Waals surface area contributed by atoms with E-state index >= 15 is 0 Å². The number of piperazine rings is 1. The summed E-state index contributed by atoms with van der Waals surface area (Å²) in [5.41, 5.74) is -0.474. The fourth-order valence-corrected chi connectivity index (χ4v) is 3.03. The number of alkyl halides is 3. The van der Waals surface area contributed by atoms with E-state index in [1.807, 2.05) is 20.8 Å². The number of hydrogen-bond donors (Lipinski definition) is 1. The standard InChI is InChI=1S/C17H26N2O4.C3H4F3NO/c1-5-6-13-11-14(22-15(13)20)12-18-7-9-19(10-8-18)16(21)23-17(2,3)4;4-3(5,6)1-7-2-8/h1,13-14H,6-12H2,2-4H3;2H,1H2,(H,7,8)/t13-,14+;/m1./s1. The molecule has 2 fully saturated rings. The van der Waals surface area contributed by atoms with Gasteiger partial charge in [-0.2, -0.15) is 13.2 Å². The van der Waals surface area contributed by atoms with Gasteiger partial charge in [0.05, 0.1) is 5.92 Å². The number of hydrogen-bond acceptors (Lipinski definition) is 6. The van der Waals surface area contributed by atoms with Crippen LogP contribution in [0.25, 0.3) is 0 Å². The molecule has 176 valence electrons. The van der Waals surface area contributed by atoms with Crippen LogP contribution >= 0.6 is 0 Å². The zero-order chi connectivity index (χ0) is 23.7. The van der Waals surface area contributed by atoms with E-state index in [1.54, 1.807) is 4.90 Å². The molecule has 0 aromatic rings. The van der Waals surface area contributed by atoms with Crippen molar-refractivity contribution in [3.8, 4) is 12.3 Å². The Bertz CT molecular complexity index is 650. The topological polar surface area (TPSA) is 88.2 Å². The average molecular weight is 449 g/mol. The van der Waals surface area contributed by atoms with Gasteiger partial charge in [0, 0.05) is 39.1 Å². The third-order valence-electron chi connectivity index (χ3n) is 4.40. The summed E-state index contributed by atoms with van der Waals surface area (Å²) in [6.07, 6.45) is 1.77. The molecule has 31 heavy (non-hydrogen) atoms. The maximum Gasteiger partial charge on any atom is 0.410 e. The smallest absolute Gasteiger partial charge is 0.410 e. The molecule has 2 aliphatic rings. The highest BCUT2D eigenvalue weighted by molar-refractivity contribution is 5.75. The first kappa shape index (κ1) is 26.6. The number of carbonyl (C=O) groups excluding carboxylic acids is 3. The van der Waals surface area contributed by atoms with Crippen LogP contribution in [0.3, 0.4) is 0 Å². The minimum Gasteiger partial charge on any atom is -0.461 e. The minimum atomic E-state index is -4.29. The third-order valence-corrected chi connectivity index (χ3v) is 4.40. The Morgan fingerprint density at radius 2 is 1.90 bits per heavy atom. The van der Waals surface area contributed by atoms with Gasteiger partial charge >= 0.3 is 18.2 Å². The van der Waals surface area contributed by atoms with Crippen LogP contribution in [0.4, 0.5) is 18.0 Å². The van der Waals surface area contributed by atoms with Gasteiger partial charge in [0.25, 0.3) is 0 Å². The normalized spacial score (nSPS) is 22.0. The van der Waals surface area contributed by atoms with Crippen molar-refractivity contribution < 1.29 is 37.0 Å². The van der Waals surface area contributed by atoms with E-state index in [0.29, 0.717) is 32.5 Å². The van der Waals surface area contributed by atoms with Crippen molar-refractivity contribution in [3.63, 3.8) is 0 Å². The maximum atomic E-state index is 12.0. The molecular formula is C20H30F3N3O5. The molecule has 0 radical (unpaired) electrons. The van der Waals surface area contributed by atoms with Gasteiger partial charge in [-0.3, -0.25) is 14.5 Å². The molecule has 2 atom stereocenters. The first-order chi connectivity index (χ1) is 14.3. The van der Waals surface area contributed by atoms with Gasteiger partial charge in [0.15, 0.2) is 0 Å². The maximum absolute atomic E-state index is 12.0. The summed E-state index contributed by atoms with van der Waals surface area (Å²) < 4.78 is 43.8. The van der Waals surface area contributed by atoms with Gasteiger partial charge in [-0.15, -0.1) is 12.3 Å². The SMILES string of the molecule is C#CC[C@@H]1C[C@@H](CN2CCN(C(=O)OC(C)(C)C)CC2)OC1=O.O=CNCC(F)(F)F. The van der Waals surface area contributed by atoms with E-state index in [9.17, 15) is 27.6 Å². The highest BCUT2D eigenvalue weighted by Gasteiger charge is 2.35. The summed E-state index contributed by atoms with van der Waals surface area (Å²) in [6, 6.07) is 0. The summed E-state index contributed by atoms with van der Waals surface area (Å²) in [7, 11) is 0. The summed E-state index contributed by atoms with van der Waals surface area (Å²) in [5.74, 6) is 2.19. The third kappa shape index (κ3) is 10.9. The second-order valence-electron chi connectivity index (χ2n) is 8.28. The monoisotopic (exact) mass is 449 g/mol. The Hall–Kier alpha value is -2.48. The summed E-state index contributed by atoms with van der Waals surface area (Å²) >= 11 is 0. The van der Waals surface area contributed by atoms with E-state index < -0.39 is 18.3 Å². The lowest BCUT2D eigenvalue weighted by atomic mass is 10.0. The molecule has 2 aliphatic heterocycles. The van der Waals surface area contributed by atoms with Crippen molar-refractivity contribution in [1.82, 2.24) is 15.1 Å². The van der Waals surface area contributed by atoms with Crippen molar-refractivity contribution in [2.24, 2.45) is 5.92 Å². The van der Waals surface area contributed by atoms with E-state index in [0.717, 1.165) is 13.1 Å². The van der Waals surface area contributed by atoms with Crippen molar-refractivity contribution in [1.29, 1.82) is 0 Å². The van der Waals surface area contributed by atoms with Gasteiger partial charge < -0.3 is 19.7 Å². The van der Waals surface area contributed by atoms with Crippen molar-refractivity contribution in [3.05, 3.63) is 0 Å². The number of halogens is 3. The summed E-state index contributed by atoms with van der Waals surface area (Å²) in [4.78, 5) is 36.9. The van der Waals surface area contributed by atoms with Crippen LogP contribution in [0.15, 0.2) is 0 Å². The van der Waals surface area contributed by atoms with Crippen molar-refractivity contribution >= 4 is 18.5 Å². The van der Waals surface area contributed by atoms with E-state index in [1.165, 1.54) is 5.32 Å². The molecule has 0 unspecified atom stereocenters. The molecule has 2 saturated heterocycles. The van der Waals surface area contributed by atoms with Gasteiger partial charge in [-0.25, -0.2) is 4.79 Å². The Morgan fingerprint density at radius 1 is 1.29 bits per heavy atom. The van der Waals surface area contributed by atoms with Crippen molar-refractivity contribution in [2.45, 2.75) is 51.5 Å². The van der Waals surface area contributed by atoms with Crippen LogP contribution < -0.4 is 5.32 Å². The predicted molar refractivity (Wildman–Crippen MR) is 106 cm³/mol. The Labute approximate surface area is 180 Å². The lowest BCUT2D eigenvalue weighted by molar-refractivity contribution is -0.144. The fraction of sp³-hybridized carbons (Fsp3) is 0.750. The number of nitrogens with zero attached hydrogens (tertiary/aromatic N) is 2. The van der Waals surface area contributed by atoms with Gasteiger partial charge in [-0.05, 0) is 27.2 Å². The highest BCUT2D eigenvalue weighted by Crippen LogP contribution is 2.24. The van der Waals surface area contributed by atoms with Crippen LogP contribution in [0, 0.1) is 18.3 Å². The number of carbonyl (C=O) groups is 3. The molecule has 2 heterocycles. The first-order valence-electron chi connectivity index (χ1n) is 9.92. The molecule has 0 saturated carbocycles. The largest absolute Gasteiger partial charge is 0.461 e. The Morgan fingerprint density at radius 3 is 2.35 bits per heavy atom. The van der Waals surface area contributed by atoms with E-state index in [2.05, 4.69) is 10.8 Å². The summed E-state index contributed by atoms with van der Waals surface area (Å²) in [5, 5.41) is 1.48. The molecule has 0 aromatic heterocycles. The molecule has 2 amide bonds. The number of amides is 2. The van der Waals surface area contributed by atoms with E-state index in [4.69, 9.17) is 15.9 Å². The Balaban J connectivity index is 0.000000512. The highest BCUT2D eigenvalue weighted by atomic mass is 19.4. The van der Waals surface area contributed by atoms with Gasteiger partial charge in [-0.1, -0.05) is 0 Å². The van der Waals surface area contributed by atoms with Gasteiger partial charge in [0.1, 0.15) is 18.2 Å². The number of cyclic esters (lactones) is 1. The van der Waals surface area contributed by atoms with Crippen molar-refractivity contribution in [2.75, 3.05) is 39.3 Å². The second-order valence-corrected chi connectivity index (χ2v) is 8.28. The number of rotatable bonds is 5. The Kier molecular flexibility index (Phi) is 10.1. The predicted octanol–water partition coefficient (Wildman–Crippen LogP) is 1.79. The molecule has 0 aliphatic carbocycles. The lowest BCUT2D eigenvalue weighted by Gasteiger charge is -2.36. The van der Waals surface area contributed by atoms with Crippen LogP contribution in [-0.4, -0.2) is 85.4 Å². The van der Waals surface area contributed by atoms with Gasteiger partial charge in [0.2, 0.25) is 6.41 Å². The molecule has 1 N–H and O–H groups in total. The number of ether oxygens (including phenoxy) is 2. The number of esters is 1. The molecule has 11 heteroatoms.